The molecule has 0 radical (unpaired) electrons. The van der Waals surface area contributed by atoms with E-state index in [1.807, 2.05) is 36.4 Å². The van der Waals surface area contributed by atoms with Crippen LogP contribution in [0.4, 0.5) is 0 Å². The minimum absolute atomic E-state index is 0.00292. The van der Waals surface area contributed by atoms with Crippen LogP contribution in [0.15, 0.2) is 48.7 Å². The summed E-state index contributed by atoms with van der Waals surface area (Å²) in [5.41, 5.74) is 1.70. The molecule has 0 aliphatic heterocycles. The Balaban J connectivity index is 1.83. The lowest BCUT2D eigenvalue weighted by atomic mass is 10.0. The van der Waals surface area contributed by atoms with E-state index in [4.69, 9.17) is 11.6 Å². The molecule has 4 nitrogen and oxygen atoms in total. The van der Waals surface area contributed by atoms with E-state index in [1.165, 1.54) is 0 Å². The number of rotatable bonds is 7. The van der Waals surface area contributed by atoms with Crippen molar-refractivity contribution >= 4 is 17.5 Å². The van der Waals surface area contributed by atoms with Crippen molar-refractivity contribution in [3.05, 3.63) is 64.9 Å². The van der Waals surface area contributed by atoms with Crippen LogP contribution < -0.4 is 5.32 Å². The molecular weight excluding hydrogens is 300 g/mol. The second kappa shape index (κ2) is 8.51. The largest absolute Gasteiger partial charge is 0.396 e. The van der Waals surface area contributed by atoms with Crippen LogP contribution in [0.25, 0.3) is 0 Å². The number of aromatic nitrogens is 1. The Hall–Kier alpha value is -1.91. The highest BCUT2D eigenvalue weighted by molar-refractivity contribution is 6.31. The Morgan fingerprint density at radius 3 is 2.68 bits per heavy atom. The average molecular weight is 319 g/mol. The smallest absolute Gasteiger partial charge is 0.224 e. The van der Waals surface area contributed by atoms with E-state index in [2.05, 4.69) is 10.3 Å². The maximum atomic E-state index is 12.0. The molecule has 0 aliphatic rings. The average Bonchev–Trinajstić information content (AvgIpc) is 2.54. The number of aliphatic hydroxyl groups excluding tert-OH is 1. The number of nitrogens with zero attached hydrogens (tertiary/aromatic N) is 1. The molecule has 22 heavy (non-hydrogen) atoms. The summed E-state index contributed by atoms with van der Waals surface area (Å²) in [5, 5.41) is 12.9. The Bertz CT molecular complexity index is 605. The molecule has 0 fully saturated rings. The lowest BCUT2D eigenvalue weighted by molar-refractivity contribution is -0.120. The van der Waals surface area contributed by atoms with Gasteiger partial charge in [-0.3, -0.25) is 9.78 Å². The molecule has 1 atom stereocenters. The summed E-state index contributed by atoms with van der Waals surface area (Å²) in [4.78, 5) is 16.2. The summed E-state index contributed by atoms with van der Waals surface area (Å²) in [5.74, 6) is -0.155. The Morgan fingerprint density at radius 2 is 2.00 bits per heavy atom. The fraction of sp³-hybridized carbons (Fsp3) is 0.294. The third-order valence-corrected chi connectivity index (χ3v) is 3.75. The number of carbonyl (C=O) groups is 1. The van der Waals surface area contributed by atoms with Crippen LogP contribution >= 0.6 is 11.6 Å². The van der Waals surface area contributed by atoms with Gasteiger partial charge in [-0.15, -0.1) is 0 Å². The second-order valence-electron chi connectivity index (χ2n) is 5.15. The van der Waals surface area contributed by atoms with E-state index in [0.717, 1.165) is 11.3 Å². The van der Waals surface area contributed by atoms with Gasteiger partial charge in [-0.05, 0) is 30.2 Å². The van der Waals surface area contributed by atoms with Gasteiger partial charge in [-0.2, -0.15) is 0 Å². The highest BCUT2D eigenvalue weighted by Crippen LogP contribution is 2.15. The Labute approximate surface area is 135 Å². The van der Waals surface area contributed by atoms with E-state index in [0.29, 0.717) is 18.0 Å². The monoisotopic (exact) mass is 318 g/mol. The Morgan fingerprint density at radius 1 is 1.23 bits per heavy atom. The van der Waals surface area contributed by atoms with Gasteiger partial charge in [0.2, 0.25) is 5.91 Å². The molecule has 5 heteroatoms. The number of hydrogen-bond acceptors (Lipinski definition) is 3. The van der Waals surface area contributed by atoms with Gasteiger partial charge in [0.05, 0.1) is 6.42 Å². The third-order valence-electron chi connectivity index (χ3n) is 3.38. The quantitative estimate of drug-likeness (QED) is 0.823. The van der Waals surface area contributed by atoms with Crippen molar-refractivity contribution in [1.82, 2.24) is 10.3 Å². The van der Waals surface area contributed by atoms with Crippen LogP contribution in [0.3, 0.4) is 0 Å². The molecule has 0 bridgehead atoms. The molecule has 2 aromatic rings. The zero-order valence-electron chi connectivity index (χ0n) is 12.2. The van der Waals surface area contributed by atoms with E-state index >= 15 is 0 Å². The Kier molecular flexibility index (Phi) is 6.37. The normalized spacial score (nSPS) is 11.9. The molecule has 0 saturated heterocycles. The van der Waals surface area contributed by atoms with Crippen molar-refractivity contribution in [2.45, 2.75) is 12.8 Å². The van der Waals surface area contributed by atoms with E-state index in [-0.39, 0.29) is 24.9 Å². The number of nitrogens with one attached hydrogen (secondary N) is 1. The van der Waals surface area contributed by atoms with Gasteiger partial charge in [0.1, 0.15) is 0 Å². The number of hydrogen-bond donors (Lipinski definition) is 2. The molecule has 116 valence electrons. The highest BCUT2D eigenvalue weighted by atomic mass is 35.5. The number of pyridine rings is 1. The maximum Gasteiger partial charge on any atom is 0.224 e. The molecule has 2 rings (SSSR count). The van der Waals surface area contributed by atoms with Crippen LogP contribution in [0, 0.1) is 5.92 Å². The second-order valence-corrected chi connectivity index (χ2v) is 5.55. The number of amides is 1. The molecular formula is C17H19ClN2O2. The van der Waals surface area contributed by atoms with Gasteiger partial charge in [0.25, 0.3) is 0 Å². The number of halogens is 1. The molecule has 0 saturated carbocycles. The summed E-state index contributed by atoms with van der Waals surface area (Å²) in [6.45, 7) is 0.416. The van der Waals surface area contributed by atoms with Gasteiger partial charge in [0, 0.05) is 36.0 Å². The third kappa shape index (κ3) is 5.13. The molecule has 2 N–H and O–H groups in total. The fourth-order valence-corrected chi connectivity index (χ4v) is 2.35. The van der Waals surface area contributed by atoms with Crippen molar-refractivity contribution in [1.29, 1.82) is 0 Å². The van der Waals surface area contributed by atoms with E-state index < -0.39 is 0 Å². The maximum absolute atomic E-state index is 12.0. The summed E-state index contributed by atoms with van der Waals surface area (Å²) in [7, 11) is 0. The first kappa shape index (κ1) is 16.5. The minimum Gasteiger partial charge on any atom is -0.396 e. The van der Waals surface area contributed by atoms with E-state index in [9.17, 15) is 9.90 Å². The van der Waals surface area contributed by atoms with Gasteiger partial charge >= 0.3 is 0 Å². The number of benzene rings is 1. The van der Waals surface area contributed by atoms with Crippen molar-refractivity contribution in [3.8, 4) is 0 Å². The topological polar surface area (TPSA) is 62.2 Å². The molecule has 0 aliphatic carbocycles. The summed E-state index contributed by atoms with van der Waals surface area (Å²) < 4.78 is 0. The van der Waals surface area contributed by atoms with Crippen molar-refractivity contribution in [3.63, 3.8) is 0 Å². The summed E-state index contributed by atoms with van der Waals surface area (Å²) >= 11 is 6.04. The van der Waals surface area contributed by atoms with Crippen molar-refractivity contribution in [2.24, 2.45) is 5.92 Å². The minimum atomic E-state index is -0.104. The molecule has 1 aromatic carbocycles. The van der Waals surface area contributed by atoms with Crippen LogP contribution in [-0.2, 0) is 17.6 Å². The molecule has 1 amide bonds. The predicted molar refractivity (Wildman–Crippen MR) is 86.7 cm³/mol. The first-order valence-corrected chi connectivity index (χ1v) is 7.57. The van der Waals surface area contributed by atoms with Gasteiger partial charge in [-0.1, -0.05) is 35.9 Å². The van der Waals surface area contributed by atoms with Gasteiger partial charge < -0.3 is 10.4 Å². The van der Waals surface area contributed by atoms with Crippen LogP contribution in [-0.4, -0.2) is 29.1 Å². The van der Waals surface area contributed by atoms with Gasteiger partial charge in [0.15, 0.2) is 0 Å². The highest BCUT2D eigenvalue weighted by Gasteiger charge is 2.12. The first-order valence-electron chi connectivity index (χ1n) is 7.20. The molecule has 1 unspecified atom stereocenters. The lowest BCUT2D eigenvalue weighted by Crippen LogP contribution is -2.33. The van der Waals surface area contributed by atoms with Crippen molar-refractivity contribution < 1.29 is 9.90 Å². The number of aliphatic hydroxyl groups is 1. The van der Waals surface area contributed by atoms with Crippen molar-refractivity contribution in [2.75, 3.05) is 13.2 Å². The zero-order valence-corrected chi connectivity index (χ0v) is 13.0. The summed E-state index contributed by atoms with van der Waals surface area (Å²) in [6.07, 6.45) is 2.59. The zero-order chi connectivity index (χ0) is 15.8. The van der Waals surface area contributed by atoms with Crippen LogP contribution in [0.5, 0.6) is 0 Å². The fourth-order valence-electron chi connectivity index (χ4n) is 2.15. The van der Waals surface area contributed by atoms with Crippen LogP contribution in [0.1, 0.15) is 11.3 Å². The van der Waals surface area contributed by atoms with Crippen LogP contribution in [0.2, 0.25) is 5.02 Å². The first-order chi connectivity index (χ1) is 10.7. The predicted octanol–water partition coefficient (Wildman–Crippen LogP) is 2.24. The SMILES string of the molecule is O=C(Cc1ccccc1Cl)NCC(CO)Cc1ccccn1. The molecule has 1 aromatic heterocycles. The standard InChI is InChI=1S/C17H19ClN2O2/c18-16-7-2-1-5-14(16)10-17(22)20-11-13(12-21)9-15-6-3-4-8-19-15/h1-8,13,21H,9-12H2,(H,20,22). The molecule has 0 spiro atoms. The van der Waals surface area contributed by atoms with Gasteiger partial charge in [-0.25, -0.2) is 0 Å². The summed E-state index contributed by atoms with van der Waals surface area (Å²) in [6, 6.07) is 13.0. The number of carbonyl (C=O) groups excluding carboxylic acids is 1. The molecule has 1 heterocycles. The lowest BCUT2D eigenvalue weighted by Gasteiger charge is -2.15. The van der Waals surface area contributed by atoms with E-state index in [1.54, 1.807) is 12.3 Å².